The molecular formula is C13H19N3O4S. The molecule has 0 aliphatic carbocycles. The lowest BCUT2D eigenvalue weighted by Gasteiger charge is -2.31. The van der Waals surface area contributed by atoms with E-state index in [0.717, 1.165) is 32.2 Å². The van der Waals surface area contributed by atoms with Gasteiger partial charge in [-0.25, -0.2) is 23.2 Å². The van der Waals surface area contributed by atoms with E-state index in [9.17, 15) is 13.2 Å². The van der Waals surface area contributed by atoms with E-state index >= 15 is 0 Å². The number of carbonyl (C=O) groups is 1. The Bertz CT molecular complexity index is 637. The van der Waals surface area contributed by atoms with Gasteiger partial charge in [0.05, 0.1) is 7.11 Å². The Kier molecular flexibility index (Phi) is 4.46. The Labute approximate surface area is 124 Å². The van der Waals surface area contributed by atoms with Crippen LogP contribution in [-0.4, -0.2) is 50.8 Å². The molecule has 2 rings (SSSR count). The van der Waals surface area contributed by atoms with Crippen molar-refractivity contribution in [3.63, 3.8) is 0 Å². The molecular weight excluding hydrogens is 294 g/mol. The van der Waals surface area contributed by atoms with Crippen molar-refractivity contribution in [2.75, 3.05) is 31.4 Å². The highest BCUT2D eigenvalue weighted by atomic mass is 32.2. The third-order valence-electron chi connectivity index (χ3n) is 3.53. The third kappa shape index (κ3) is 3.69. The van der Waals surface area contributed by atoms with Crippen LogP contribution in [0.2, 0.25) is 0 Å². The number of hydrogen-bond acceptors (Lipinski definition) is 7. The number of rotatable bonds is 3. The van der Waals surface area contributed by atoms with Crippen LogP contribution in [0.3, 0.4) is 0 Å². The zero-order chi connectivity index (χ0) is 15.6. The van der Waals surface area contributed by atoms with Gasteiger partial charge in [0, 0.05) is 25.4 Å². The van der Waals surface area contributed by atoms with Gasteiger partial charge in [-0.1, -0.05) is 6.92 Å². The normalized spacial score (nSPS) is 16.8. The topological polar surface area (TPSA) is 89.5 Å². The number of anilines is 1. The first-order chi connectivity index (χ1) is 9.81. The van der Waals surface area contributed by atoms with Crippen LogP contribution in [0.15, 0.2) is 11.2 Å². The quantitative estimate of drug-likeness (QED) is 0.605. The largest absolute Gasteiger partial charge is 0.464 e. The number of methoxy groups -OCH3 is 1. The second-order valence-electron chi connectivity index (χ2n) is 5.33. The Balaban J connectivity index is 2.43. The first kappa shape index (κ1) is 15.7. The minimum absolute atomic E-state index is 0.0402. The molecule has 2 heterocycles. The Morgan fingerprint density at radius 2 is 1.95 bits per heavy atom. The molecule has 1 aliphatic heterocycles. The van der Waals surface area contributed by atoms with E-state index in [1.165, 1.54) is 13.2 Å². The van der Waals surface area contributed by atoms with Crippen LogP contribution in [0, 0.1) is 5.92 Å². The fourth-order valence-corrected chi connectivity index (χ4v) is 2.71. The molecule has 0 amide bonds. The maximum Gasteiger partial charge on any atom is 0.356 e. The number of piperidine rings is 1. The highest BCUT2D eigenvalue weighted by molar-refractivity contribution is 7.90. The van der Waals surface area contributed by atoms with E-state index in [1.807, 2.05) is 4.90 Å². The fourth-order valence-electron chi connectivity index (χ4n) is 2.19. The lowest BCUT2D eigenvalue weighted by molar-refractivity contribution is 0.0593. The highest BCUT2D eigenvalue weighted by Crippen LogP contribution is 2.23. The molecule has 0 aromatic carbocycles. The Morgan fingerprint density at radius 3 is 2.48 bits per heavy atom. The predicted molar refractivity (Wildman–Crippen MR) is 77.1 cm³/mol. The maximum absolute atomic E-state index is 11.7. The summed E-state index contributed by atoms with van der Waals surface area (Å²) in [6.45, 7) is 3.74. The Hall–Kier alpha value is -1.70. The van der Waals surface area contributed by atoms with Crippen molar-refractivity contribution in [1.82, 2.24) is 9.97 Å². The van der Waals surface area contributed by atoms with E-state index < -0.39 is 15.8 Å². The average molecular weight is 313 g/mol. The molecule has 0 N–H and O–H groups in total. The van der Waals surface area contributed by atoms with Crippen molar-refractivity contribution in [3.8, 4) is 0 Å². The van der Waals surface area contributed by atoms with Gasteiger partial charge in [-0.05, 0) is 18.8 Å². The highest BCUT2D eigenvalue weighted by Gasteiger charge is 2.23. The molecule has 0 spiro atoms. The number of esters is 1. The lowest BCUT2D eigenvalue weighted by Crippen LogP contribution is -2.34. The average Bonchev–Trinajstić information content (AvgIpc) is 2.45. The number of nitrogens with zero attached hydrogens (tertiary/aromatic N) is 3. The zero-order valence-corrected chi connectivity index (χ0v) is 13.2. The van der Waals surface area contributed by atoms with Gasteiger partial charge < -0.3 is 9.64 Å². The van der Waals surface area contributed by atoms with E-state index in [4.69, 9.17) is 0 Å². The summed E-state index contributed by atoms with van der Waals surface area (Å²) in [5.41, 5.74) is -0.0402. The van der Waals surface area contributed by atoms with E-state index in [2.05, 4.69) is 21.6 Å². The Morgan fingerprint density at radius 1 is 1.33 bits per heavy atom. The number of aromatic nitrogens is 2. The zero-order valence-electron chi connectivity index (χ0n) is 12.4. The number of hydrogen-bond donors (Lipinski definition) is 0. The maximum atomic E-state index is 11.7. The molecule has 1 aliphatic rings. The predicted octanol–water partition coefficient (Wildman–Crippen LogP) is 0.903. The smallest absolute Gasteiger partial charge is 0.356 e. The third-order valence-corrected chi connectivity index (χ3v) is 4.37. The monoisotopic (exact) mass is 313 g/mol. The SMILES string of the molecule is COC(=O)c1cc(N2CCC(C)CC2)nc(S(C)(=O)=O)n1. The van der Waals surface area contributed by atoms with Crippen molar-refractivity contribution in [1.29, 1.82) is 0 Å². The van der Waals surface area contributed by atoms with Crippen LogP contribution in [0.5, 0.6) is 0 Å². The molecule has 0 bridgehead atoms. The van der Waals surface area contributed by atoms with Crippen molar-refractivity contribution in [2.24, 2.45) is 5.92 Å². The van der Waals surface area contributed by atoms with Crippen LogP contribution in [0.4, 0.5) is 5.82 Å². The molecule has 8 heteroatoms. The van der Waals surface area contributed by atoms with Gasteiger partial charge in [-0.2, -0.15) is 0 Å². The molecule has 1 fully saturated rings. The van der Waals surface area contributed by atoms with Gasteiger partial charge >= 0.3 is 5.97 Å². The van der Waals surface area contributed by atoms with E-state index in [-0.39, 0.29) is 10.9 Å². The molecule has 116 valence electrons. The summed E-state index contributed by atoms with van der Waals surface area (Å²) >= 11 is 0. The molecule has 1 saturated heterocycles. The molecule has 1 aromatic heterocycles. The summed E-state index contributed by atoms with van der Waals surface area (Å²) in [5.74, 6) is 0.421. The molecule has 0 unspecified atom stereocenters. The first-order valence-electron chi connectivity index (χ1n) is 6.73. The molecule has 0 atom stereocenters. The van der Waals surface area contributed by atoms with Crippen molar-refractivity contribution >= 4 is 21.6 Å². The van der Waals surface area contributed by atoms with Crippen molar-refractivity contribution in [3.05, 3.63) is 11.8 Å². The summed E-state index contributed by atoms with van der Waals surface area (Å²) in [7, 11) is -2.37. The van der Waals surface area contributed by atoms with Crippen LogP contribution >= 0.6 is 0 Å². The second-order valence-corrected chi connectivity index (χ2v) is 7.24. The summed E-state index contributed by atoms with van der Waals surface area (Å²) in [4.78, 5) is 21.5. The van der Waals surface area contributed by atoms with Crippen molar-refractivity contribution < 1.29 is 17.9 Å². The van der Waals surface area contributed by atoms with Crippen LogP contribution in [-0.2, 0) is 14.6 Å². The van der Waals surface area contributed by atoms with E-state index in [1.54, 1.807) is 0 Å². The molecule has 21 heavy (non-hydrogen) atoms. The second kappa shape index (κ2) is 5.97. The summed E-state index contributed by atoms with van der Waals surface area (Å²) < 4.78 is 28.0. The molecule has 1 aromatic rings. The molecule has 7 nitrogen and oxygen atoms in total. The van der Waals surface area contributed by atoms with Crippen LogP contribution < -0.4 is 4.90 Å². The number of ether oxygens (including phenoxy) is 1. The number of carbonyl (C=O) groups excluding carboxylic acids is 1. The van der Waals surface area contributed by atoms with Gasteiger partial charge in [0.2, 0.25) is 15.0 Å². The molecule has 0 radical (unpaired) electrons. The molecule has 0 saturated carbocycles. The lowest BCUT2D eigenvalue weighted by atomic mass is 9.99. The fraction of sp³-hybridized carbons (Fsp3) is 0.615. The van der Waals surface area contributed by atoms with Gasteiger partial charge in [0.1, 0.15) is 5.82 Å². The summed E-state index contributed by atoms with van der Waals surface area (Å²) in [6.07, 6.45) is 3.03. The minimum Gasteiger partial charge on any atom is -0.464 e. The van der Waals surface area contributed by atoms with Crippen molar-refractivity contribution in [2.45, 2.75) is 24.9 Å². The van der Waals surface area contributed by atoms with Gasteiger partial charge in [0.25, 0.3) is 0 Å². The van der Waals surface area contributed by atoms with E-state index in [0.29, 0.717) is 11.7 Å². The van der Waals surface area contributed by atoms with Gasteiger partial charge in [0.15, 0.2) is 5.69 Å². The first-order valence-corrected chi connectivity index (χ1v) is 8.63. The van der Waals surface area contributed by atoms with Crippen LogP contribution in [0.25, 0.3) is 0 Å². The number of sulfone groups is 1. The van der Waals surface area contributed by atoms with Gasteiger partial charge in [-0.15, -0.1) is 0 Å². The summed E-state index contributed by atoms with van der Waals surface area (Å²) in [6, 6.07) is 1.48. The minimum atomic E-state index is -3.60. The summed E-state index contributed by atoms with van der Waals surface area (Å²) in [5, 5.41) is -0.348. The van der Waals surface area contributed by atoms with Crippen LogP contribution in [0.1, 0.15) is 30.3 Å². The van der Waals surface area contributed by atoms with Gasteiger partial charge in [-0.3, -0.25) is 0 Å². The standard InChI is InChI=1S/C13H19N3O4S/c1-9-4-6-16(7-5-9)11-8-10(12(17)20-2)14-13(15-11)21(3,18)19/h8-9H,4-7H2,1-3H3.